The summed E-state index contributed by atoms with van der Waals surface area (Å²) in [6.07, 6.45) is 0.897. The second kappa shape index (κ2) is 6.10. The topological polar surface area (TPSA) is 41.8 Å². The van der Waals surface area contributed by atoms with E-state index in [1.54, 1.807) is 4.31 Å². The molecule has 5 heteroatoms. The Morgan fingerprint density at radius 1 is 1.04 bits per heavy atom. The first-order chi connectivity index (χ1) is 12.3. The standard InChI is InChI=1S/C21H26N2O2S/c1-14-6-8-19-17(11-14)18-13-22(4)10-9-20(18)23(19)26(24,25)21-12-15(2)5-7-16(21)3/h5-8,11-12,18,20H,9-10,13H2,1-4H3/p+1/t18-,20+/m1/s1. The normalized spacial score (nSPS) is 25.1. The zero-order chi connectivity index (χ0) is 18.6. The van der Waals surface area contributed by atoms with Crippen molar-refractivity contribution < 1.29 is 13.3 Å². The fourth-order valence-corrected chi connectivity index (χ4v) is 6.61. The number of rotatable bonds is 2. The summed E-state index contributed by atoms with van der Waals surface area (Å²) < 4.78 is 29.2. The van der Waals surface area contributed by atoms with Crippen molar-refractivity contribution in [1.82, 2.24) is 0 Å². The molecule has 1 saturated heterocycles. The molecule has 0 saturated carbocycles. The molecule has 1 N–H and O–H groups in total. The number of fused-ring (bicyclic) bond motifs is 3. The van der Waals surface area contributed by atoms with E-state index >= 15 is 0 Å². The highest BCUT2D eigenvalue weighted by molar-refractivity contribution is 7.93. The van der Waals surface area contributed by atoms with Gasteiger partial charge in [0.25, 0.3) is 10.0 Å². The Balaban J connectivity index is 1.89. The van der Waals surface area contributed by atoms with Gasteiger partial charge in [-0.15, -0.1) is 0 Å². The average Bonchev–Trinajstić information content (AvgIpc) is 2.90. The Labute approximate surface area is 156 Å². The molecule has 2 aliphatic heterocycles. The summed E-state index contributed by atoms with van der Waals surface area (Å²) in [5, 5.41) is 0. The summed E-state index contributed by atoms with van der Waals surface area (Å²) in [6.45, 7) is 7.90. The molecule has 138 valence electrons. The van der Waals surface area contributed by atoms with Crippen LogP contribution < -0.4 is 9.21 Å². The van der Waals surface area contributed by atoms with Gasteiger partial charge >= 0.3 is 0 Å². The number of nitrogens with zero attached hydrogens (tertiary/aromatic N) is 1. The first-order valence-corrected chi connectivity index (χ1v) is 10.8. The number of anilines is 1. The monoisotopic (exact) mass is 371 g/mol. The number of aryl methyl sites for hydroxylation is 3. The maximum Gasteiger partial charge on any atom is 0.264 e. The van der Waals surface area contributed by atoms with Crippen LogP contribution in [0.2, 0.25) is 0 Å². The Hall–Kier alpha value is -1.85. The minimum atomic E-state index is -3.58. The zero-order valence-electron chi connectivity index (χ0n) is 15.9. The minimum Gasteiger partial charge on any atom is -0.337 e. The number of likely N-dealkylation sites (N-methyl/N-ethyl adjacent to an activating group) is 1. The molecule has 2 aromatic rings. The van der Waals surface area contributed by atoms with Crippen LogP contribution in [0.25, 0.3) is 0 Å². The van der Waals surface area contributed by atoms with E-state index in [-0.39, 0.29) is 12.0 Å². The molecule has 0 amide bonds. The summed E-state index contributed by atoms with van der Waals surface area (Å²) in [4.78, 5) is 1.92. The van der Waals surface area contributed by atoms with Gasteiger partial charge in [-0.2, -0.15) is 0 Å². The van der Waals surface area contributed by atoms with Gasteiger partial charge in [0.05, 0.1) is 42.7 Å². The van der Waals surface area contributed by atoms with Gasteiger partial charge in [0.1, 0.15) is 0 Å². The maximum absolute atomic E-state index is 13.7. The van der Waals surface area contributed by atoms with Gasteiger partial charge < -0.3 is 4.90 Å². The highest BCUT2D eigenvalue weighted by Gasteiger charge is 2.48. The molecule has 2 aliphatic rings. The lowest BCUT2D eigenvalue weighted by atomic mass is 9.89. The summed E-state index contributed by atoms with van der Waals surface area (Å²) in [7, 11) is -1.38. The largest absolute Gasteiger partial charge is 0.337 e. The molecule has 2 heterocycles. The van der Waals surface area contributed by atoms with Gasteiger partial charge in [-0.3, -0.25) is 4.31 Å². The molecule has 26 heavy (non-hydrogen) atoms. The number of nitrogens with one attached hydrogen (secondary N) is 1. The number of likely N-dealkylation sites (tertiary alicyclic amines) is 1. The van der Waals surface area contributed by atoms with Crippen LogP contribution in [0.4, 0.5) is 5.69 Å². The Morgan fingerprint density at radius 2 is 1.73 bits per heavy atom. The first-order valence-electron chi connectivity index (χ1n) is 9.32. The molecule has 0 aromatic heterocycles. The average molecular weight is 372 g/mol. The molecule has 1 unspecified atom stereocenters. The number of benzene rings is 2. The third-order valence-electron chi connectivity index (χ3n) is 5.90. The molecule has 4 rings (SSSR count). The van der Waals surface area contributed by atoms with Crippen LogP contribution in [-0.2, 0) is 10.0 Å². The van der Waals surface area contributed by atoms with Gasteiger partial charge in [-0.1, -0.05) is 29.8 Å². The van der Waals surface area contributed by atoms with Crippen molar-refractivity contribution in [1.29, 1.82) is 0 Å². The summed E-state index contributed by atoms with van der Waals surface area (Å²) in [6, 6.07) is 11.9. The lowest BCUT2D eigenvalue weighted by Crippen LogP contribution is -3.11. The van der Waals surface area contributed by atoms with Crippen LogP contribution in [0.15, 0.2) is 41.3 Å². The summed E-state index contributed by atoms with van der Waals surface area (Å²) in [5.41, 5.74) is 5.05. The quantitative estimate of drug-likeness (QED) is 0.879. The molecular formula is C21H27N2O2S+. The van der Waals surface area contributed by atoms with Crippen molar-refractivity contribution in [3.63, 3.8) is 0 Å². The van der Waals surface area contributed by atoms with Gasteiger partial charge in [0.2, 0.25) is 0 Å². The van der Waals surface area contributed by atoms with Crippen molar-refractivity contribution in [2.24, 2.45) is 0 Å². The molecule has 0 spiro atoms. The Bertz CT molecular complexity index is 968. The van der Waals surface area contributed by atoms with E-state index in [1.165, 1.54) is 16.0 Å². The molecule has 2 aromatic carbocycles. The molecule has 3 atom stereocenters. The Morgan fingerprint density at radius 3 is 2.50 bits per heavy atom. The maximum atomic E-state index is 13.7. The first kappa shape index (κ1) is 17.6. The number of sulfonamides is 1. The number of hydrogen-bond donors (Lipinski definition) is 1. The van der Waals surface area contributed by atoms with Crippen LogP contribution >= 0.6 is 0 Å². The van der Waals surface area contributed by atoms with E-state index in [9.17, 15) is 8.42 Å². The van der Waals surface area contributed by atoms with Crippen molar-refractivity contribution >= 4 is 15.7 Å². The van der Waals surface area contributed by atoms with Crippen LogP contribution in [0.3, 0.4) is 0 Å². The van der Waals surface area contributed by atoms with E-state index in [0.717, 1.165) is 36.3 Å². The smallest absolute Gasteiger partial charge is 0.264 e. The van der Waals surface area contributed by atoms with Crippen molar-refractivity contribution in [3.8, 4) is 0 Å². The highest BCUT2D eigenvalue weighted by Crippen LogP contribution is 2.46. The zero-order valence-corrected chi connectivity index (χ0v) is 16.7. The lowest BCUT2D eigenvalue weighted by molar-refractivity contribution is -0.886. The van der Waals surface area contributed by atoms with E-state index < -0.39 is 10.0 Å². The SMILES string of the molecule is Cc1ccc2c(c1)[C@H]1C[NH+](C)CC[C@@H]1N2S(=O)(=O)c1cc(C)ccc1C. The van der Waals surface area contributed by atoms with Crippen molar-refractivity contribution in [3.05, 3.63) is 58.7 Å². The predicted molar refractivity (Wildman–Crippen MR) is 105 cm³/mol. The van der Waals surface area contributed by atoms with Gasteiger partial charge in [-0.25, -0.2) is 8.42 Å². The van der Waals surface area contributed by atoms with Crippen LogP contribution in [0.1, 0.15) is 34.6 Å². The van der Waals surface area contributed by atoms with Crippen LogP contribution in [0, 0.1) is 20.8 Å². The molecule has 0 radical (unpaired) electrons. The summed E-state index contributed by atoms with van der Waals surface area (Å²) in [5.74, 6) is 0.276. The number of piperidine rings is 1. The van der Waals surface area contributed by atoms with E-state index in [1.807, 2.05) is 44.2 Å². The lowest BCUT2D eigenvalue weighted by Gasteiger charge is -2.35. The molecule has 0 bridgehead atoms. The third-order valence-corrected chi connectivity index (χ3v) is 7.88. The third kappa shape index (κ3) is 2.65. The van der Waals surface area contributed by atoms with E-state index in [2.05, 4.69) is 20.0 Å². The van der Waals surface area contributed by atoms with E-state index in [0.29, 0.717) is 4.90 Å². The highest BCUT2D eigenvalue weighted by atomic mass is 32.2. The number of hydrogen-bond acceptors (Lipinski definition) is 2. The molecule has 4 nitrogen and oxygen atoms in total. The Kier molecular flexibility index (Phi) is 4.12. The van der Waals surface area contributed by atoms with Crippen LogP contribution in [-0.4, -0.2) is 34.6 Å². The second-order valence-electron chi connectivity index (χ2n) is 8.01. The fraction of sp³-hybridized carbons (Fsp3) is 0.429. The fourth-order valence-electron chi connectivity index (χ4n) is 4.56. The van der Waals surface area contributed by atoms with Gasteiger partial charge in [-0.05, 0) is 49.6 Å². The van der Waals surface area contributed by atoms with Crippen molar-refractivity contribution in [2.45, 2.75) is 44.0 Å². The molecular weight excluding hydrogens is 344 g/mol. The predicted octanol–water partition coefficient (Wildman–Crippen LogP) is 2.19. The van der Waals surface area contributed by atoms with Crippen LogP contribution in [0.5, 0.6) is 0 Å². The molecule has 1 fully saturated rings. The van der Waals surface area contributed by atoms with E-state index in [4.69, 9.17) is 0 Å². The summed E-state index contributed by atoms with van der Waals surface area (Å²) >= 11 is 0. The second-order valence-corrected chi connectivity index (χ2v) is 9.79. The minimum absolute atomic E-state index is 0.0282. The van der Waals surface area contributed by atoms with Crippen molar-refractivity contribution in [2.75, 3.05) is 24.4 Å². The number of quaternary nitrogens is 1. The van der Waals surface area contributed by atoms with Gasteiger partial charge in [0.15, 0.2) is 0 Å². The van der Waals surface area contributed by atoms with Gasteiger partial charge in [0, 0.05) is 6.42 Å². The molecule has 0 aliphatic carbocycles.